The molecule has 0 spiro atoms. The van der Waals surface area contributed by atoms with Gasteiger partial charge in [-0.25, -0.2) is 0 Å². The lowest BCUT2D eigenvalue weighted by Gasteiger charge is -2.14. The number of hydrogen-bond acceptors (Lipinski definition) is 3. The van der Waals surface area contributed by atoms with E-state index >= 15 is 0 Å². The van der Waals surface area contributed by atoms with E-state index in [4.69, 9.17) is 15.2 Å². The predicted molar refractivity (Wildman–Crippen MR) is 89.0 cm³/mol. The Labute approximate surface area is 129 Å². The number of ether oxygens (including phenoxy) is 2. The molecular weight excluding hydrogens is 262 g/mol. The molecule has 3 heteroatoms. The Kier molecular flexibility index (Phi) is 9.71. The molecule has 2 N–H and O–H groups in total. The van der Waals surface area contributed by atoms with Crippen LogP contribution in [-0.4, -0.2) is 13.7 Å². The normalized spacial score (nSPS) is 10.6. The molecule has 0 saturated carbocycles. The maximum atomic E-state index is 5.89. The number of unbranched alkanes of at least 4 members (excludes halogenated alkanes) is 7. The molecule has 0 atom stereocenters. The van der Waals surface area contributed by atoms with E-state index in [2.05, 4.69) is 6.92 Å². The van der Waals surface area contributed by atoms with E-state index in [0.717, 1.165) is 30.1 Å². The molecule has 0 aliphatic heterocycles. The molecule has 0 aromatic heterocycles. The van der Waals surface area contributed by atoms with Crippen LogP contribution in [0.5, 0.6) is 11.5 Å². The highest BCUT2D eigenvalue weighted by Crippen LogP contribution is 2.30. The van der Waals surface area contributed by atoms with E-state index in [1.807, 2.05) is 18.2 Å². The molecule has 0 aliphatic rings. The van der Waals surface area contributed by atoms with Crippen molar-refractivity contribution in [2.75, 3.05) is 13.7 Å². The van der Waals surface area contributed by atoms with E-state index in [0.29, 0.717) is 6.54 Å². The van der Waals surface area contributed by atoms with Crippen LogP contribution in [0.2, 0.25) is 0 Å². The molecule has 3 nitrogen and oxygen atoms in total. The second-order valence-corrected chi connectivity index (χ2v) is 5.48. The van der Waals surface area contributed by atoms with Crippen molar-refractivity contribution in [1.29, 1.82) is 0 Å². The van der Waals surface area contributed by atoms with Gasteiger partial charge in [-0.05, 0) is 12.5 Å². The van der Waals surface area contributed by atoms with Crippen LogP contribution in [0.15, 0.2) is 18.2 Å². The second-order valence-electron chi connectivity index (χ2n) is 5.48. The maximum absolute atomic E-state index is 5.89. The number of benzene rings is 1. The van der Waals surface area contributed by atoms with Crippen molar-refractivity contribution in [3.8, 4) is 11.5 Å². The lowest BCUT2D eigenvalue weighted by atomic mass is 10.1. The molecule has 0 heterocycles. The summed E-state index contributed by atoms with van der Waals surface area (Å²) < 4.78 is 11.2. The molecule has 120 valence electrons. The van der Waals surface area contributed by atoms with Gasteiger partial charge in [-0.15, -0.1) is 0 Å². The standard InChI is InChI=1S/C18H31NO2/c1-3-4-5-6-7-8-9-10-14-21-18-16(15-19)12-11-13-17(18)20-2/h11-13H,3-10,14-15,19H2,1-2H3. The third-order valence-corrected chi connectivity index (χ3v) is 3.74. The van der Waals surface area contributed by atoms with Crippen molar-refractivity contribution < 1.29 is 9.47 Å². The van der Waals surface area contributed by atoms with Gasteiger partial charge < -0.3 is 15.2 Å². The summed E-state index contributed by atoms with van der Waals surface area (Å²) >= 11 is 0. The Morgan fingerprint density at radius 2 is 1.62 bits per heavy atom. The smallest absolute Gasteiger partial charge is 0.165 e. The first-order valence-electron chi connectivity index (χ1n) is 8.32. The molecule has 0 aliphatic carbocycles. The lowest BCUT2D eigenvalue weighted by molar-refractivity contribution is 0.282. The Morgan fingerprint density at radius 3 is 2.24 bits per heavy atom. The monoisotopic (exact) mass is 293 g/mol. The minimum Gasteiger partial charge on any atom is -0.493 e. The minimum atomic E-state index is 0.476. The van der Waals surface area contributed by atoms with Gasteiger partial charge in [0.2, 0.25) is 0 Å². The average Bonchev–Trinajstić information content (AvgIpc) is 2.53. The van der Waals surface area contributed by atoms with Gasteiger partial charge in [0.05, 0.1) is 13.7 Å². The summed E-state index contributed by atoms with van der Waals surface area (Å²) in [4.78, 5) is 0. The molecular formula is C18H31NO2. The van der Waals surface area contributed by atoms with Crippen LogP contribution in [-0.2, 0) is 6.54 Å². The number of para-hydroxylation sites is 1. The van der Waals surface area contributed by atoms with Crippen molar-refractivity contribution in [2.45, 2.75) is 64.8 Å². The third kappa shape index (κ3) is 6.85. The van der Waals surface area contributed by atoms with Crippen LogP contribution in [0.1, 0.15) is 63.9 Å². The second kappa shape index (κ2) is 11.4. The van der Waals surface area contributed by atoms with Crippen LogP contribution in [0.4, 0.5) is 0 Å². The summed E-state index contributed by atoms with van der Waals surface area (Å²) in [6.45, 7) is 3.47. The quantitative estimate of drug-likeness (QED) is 0.569. The van der Waals surface area contributed by atoms with E-state index in [1.165, 1.54) is 44.9 Å². The summed E-state index contributed by atoms with van der Waals surface area (Å²) in [6.07, 6.45) is 10.4. The summed E-state index contributed by atoms with van der Waals surface area (Å²) in [6, 6.07) is 5.86. The number of methoxy groups -OCH3 is 1. The first-order valence-corrected chi connectivity index (χ1v) is 8.32. The van der Waals surface area contributed by atoms with Gasteiger partial charge >= 0.3 is 0 Å². The Balaban J connectivity index is 2.20. The molecule has 1 rings (SSSR count). The summed E-state index contributed by atoms with van der Waals surface area (Å²) in [5, 5.41) is 0. The number of rotatable bonds is 12. The van der Waals surface area contributed by atoms with Gasteiger partial charge in [0, 0.05) is 12.1 Å². The summed E-state index contributed by atoms with van der Waals surface area (Å²) in [7, 11) is 1.67. The van der Waals surface area contributed by atoms with Crippen molar-refractivity contribution in [3.05, 3.63) is 23.8 Å². The fraction of sp³-hybridized carbons (Fsp3) is 0.667. The van der Waals surface area contributed by atoms with E-state index in [1.54, 1.807) is 7.11 Å². The molecule has 1 aromatic rings. The number of nitrogens with two attached hydrogens (primary N) is 1. The van der Waals surface area contributed by atoms with Gasteiger partial charge in [0.25, 0.3) is 0 Å². The molecule has 21 heavy (non-hydrogen) atoms. The van der Waals surface area contributed by atoms with E-state index in [9.17, 15) is 0 Å². The van der Waals surface area contributed by atoms with Gasteiger partial charge in [-0.2, -0.15) is 0 Å². The van der Waals surface area contributed by atoms with E-state index in [-0.39, 0.29) is 0 Å². The first-order chi connectivity index (χ1) is 10.3. The lowest BCUT2D eigenvalue weighted by Crippen LogP contribution is -2.05. The SMILES string of the molecule is CCCCCCCCCCOc1c(CN)cccc1OC. The average molecular weight is 293 g/mol. The highest BCUT2D eigenvalue weighted by atomic mass is 16.5. The van der Waals surface area contributed by atoms with Crippen LogP contribution < -0.4 is 15.2 Å². The molecule has 0 saturated heterocycles. The zero-order valence-corrected chi connectivity index (χ0v) is 13.7. The maximum Gasteiger partial charge on any atom is 0.165 e. The Hall–Kier alpha value is -1.22. The summed E-state index contributed by atoms with van der Waals surface area (Å²) in [5.74, 6) is 1.59. The molecule has 0 fully saturated rings. The Morgan fingerprint density at radius 1 is 0.952 bits per heavy atom. The van der Waals surface area contributed by atoms with Crippen molar-refractivity contribution in [1.82, 2.24) is 0 Å². The largest absolute Gasteiger partial charge is 0.493 e. The molecule has 0 radical (unpaired) electrons. The predicted octanol–water partition coefficient (Wildman–Crippen LogP) is 4.67. The summed E-state index contributed by atoms with van der Waals surface area (Å²) in [5.41, 5.74) is 6.76. The van der Waals surface area contributed by atoms with Crippen LogP contribution in [0.25, 0.3) is 0 Å². The first kappa shape index (κ1) is 17.8. The van der Waals surface area contributed by atoms with Gasteiger partial charge in [0.1, 0.15) is 0 Å². The third-order valence-electron chi connectivity index (χ3n) is 3.74. The molecule has 1 aromatic carbocycles. The van der Waals surface area contributed by atoms with E-state index < -0.39 is 0 Å². The zero-order chi connectivity index (χ0) is 15.3. The highest BCUT2D eigenvalue weighted by molar-refractivity contribution is 5.46. The van der Waals surface area contributed by atoms with Gasteiger partial charge in [0.15, 0.2) is 11.5 Å². The van der Waals surface area contributed by atoms with Gasteiger partial charge in [-0.1, -0.05) is 64.0 Å². The molecule has 0 amide bonds. The fourth-order valence-electron chi connectivity index (χ4n) is 2.46. The molecule has 0 bridgehead atoms. The highest BCUT2D eigenvalue weighted by Gasteiger charge is 2.08. The Bertz CT molecular complexity index is 357. The fourth-order valence-corrected chi connectivity index (χ4v) is 2.46. The van der Waals surface area contributed by atoms with Crippen molar-refractivity contribution in [2.24, 2.45) is 5.73 Å². The van der Waals surface area contributed by atoms with Crippen molar-refractivity contribution >= 4 is 0 Å². The minimum absolute atomic E-state index is 0.476. The van der Waals surface area contributed by atoms with Crippen LogP contribution in [0.3, 0.4) is 0 Å². The zero-order valence-electron chi connectivity index (χ0n) is 13.7. The van der Waals surface area contributed by atoms with Gasteiger partial charge in [-0.3, -0.25) is 0 Å². The van der Waals surface area contributed by atoms with Crippen LogP contribution in [0, 0.1) is 0 Å². The van der Waals surface area contributed by atoms with Crippen molar-refractivity contribution in [3.63, 3.8) is 0 Å². The molecule has 0 unspecified atom stereocenters. The topological polar surface area (TPSA) is 44.5 Å². The number of hydrogen-bond donors (Lipinski definition) is 1. The van der Waals surface area contributed by atoms with Crippen LogP contribution >= 0.6 is 0 Å².